The van der Waals surface area contributed by atoms with Crippen molar-refractivity contribution >= 4 is 16.9 Å². The van der Waals surface area contributed by atoms with Crippen LogP contribution in [0.25, 0.3) is 10.9 Å². The highest BCUT2D eigenvalue weighted by molar-refractivity contribution is 5.89. The molecule has 2 aliphatic rings. The maximum Gasteiger partial charge on any atom is 0.318 e. The molecule has 7 nitrogen and oxygen atoms in total. The SMILES string of the molecule is CCCNC(=O)N1CC2(CN(C)C2)c2c([nH]c3cc(OC)ccc23)[C@H]1CO. The normalized spacial score (nSPS) is 21.2. The minimum Gasteiger partial charge on any atom is -0.497 e. The summed E-state index contributed by atoms with van der Waals surface area (Å²) in [7, 11) is 3.76. The highest BCUT2D eigenvalue weighted by Crippen LogP contribution is 2.48. The molecule has 3 N–H and O–H groups in total. The molecule has 0 radical (unpaired) electrons. The molecular formula is C20H28N4O3. The van der Waals surface area contributed by atoms with Gasteiger partial charge in [0.2, 0.25) is 0 Å². The Bertz CT molecular complexity index is 856. The Morgan fingerprint density at radius 2 is 2.19 bits per heavy atom. The number of aliphatic hydroxyl groups excluding tert-OH is 1. The second-order valence-electron chi connectivity index (χ2n) is 7.84. The zero-order valence-corrected chi connectivity index (χ0v) is 16.2. The topological polar surface area (TPSA) is 80.8 Å². The average molecular weight is 372 g/mol. The number of nitrogens with zero attached hydrogens (tertiary/aromatic N) is 2. The van der Waals surface area contributed by atoms with Crippen LogP contribution in [-0.4, -0.2) is 72.9 Å². The second-order valence-corrected chi connectivity index (χ2v) is 7.84. The van der Waals surface area contributed by atoms with Crippen LogP contribution in [0, 0.1) is 0 Å². The Balaban J connectivity index is 1.83. The first-order chi connectivity index (χ1) is 13.0. The zero-order valence-electron chi connectivity index (χ0n) is 16.2. The molecule has 0 saturated carbocycles. The summed E-state index contributed by atoms with van der Waals surface area (Å²) in [4.78, 5) is 20.4. The molecule has 1 saturated heterocycles. The Morgan fingerprint density at radius 3 is 2.81 bits per heavy atom. The molecule has 1 spiro atoms. The molecular weight excluding hydrogens is 344 g/mol. The quantitative estimate of drug-likeness (QED) is 0.765. The molecule has 1 aromatic heterocycles. The summed E-state index contributed by atoms with van der Waals surface area (Å²) < 4.78 is 5.37. The number of urea groups is 1. The largest absolute Gasteiger partial charge is 0.497 e. The molecule has 2 amide bonds. The smallest absolute Gasteiger partial charge is 0.318 e. The van der Waals surface area contributed by atoms with Gasteiger partial charge in [-0.15, -0.1) is 0 Å². The third kappa shape index (κ3) is 2.76. The summed E-state index contributed by atoms with van der Waals surface area (Å²) in [5.41, 5.74) is 3.08. The van der Waals surface area contributed by atoms with Gasteiger partial charge in [-0.25, -0.2) is 4.79 Å². The second kappa shape index (κ2) is 6.73. The highest BCUT2D eigenvalue weighted by atomic mass is 16.5. The van der Waals surface area contributed by atoms with Crippen LogP contribution in [0.3, 0.4) is 0 Å². The first-order valence-electron chi connectivity index (χ1n) is 9.57. The van der Waals surface area contributed by atoms with Gasteiger partial charge in [0.1, 0.15) is 5.75 Å². The van der Waals surface area contributed by atoms with Gasteiger partial charge in [-0.2, -0.15) is 0 Å². The standard InChI is InChI=1S/C20H28N4O3/c1-4-7-21-19(26)24-12-20(10-23(2)11-20)17-14-6-5-13(27-3)8-15(14)22-18(17)16(24)9-25/h5-6,8,16,22,25H,4,7,9-12H2,1-3H3,(H,21,26)/t16-/m1/s1. The number of aromatic amines is 1. The summed E-state index contributed by atoms with van der Waals surface area (Å²) >= 11 is 0. The summed E-state index contributed by atoms with van der Waals surface area (Å²) in [5.74, 6) is 0.791. The number of fused-ring (bicyclic) bond motifs is 4. The number of hydrogen-bond acceptors (Lipinski definition) is 4. The van der Waals surface area contributed by atoms with Gasteiger partial charge in [-0.05, 0) is 31.2 Å². The number of amides is 2. The highest BCUT2D eigenvalue weighted by Gasteiger charge is 2.52. The zero-order chi connectivity index (χ0) is 19.2. The van der Waals surface area contributed by atoms with E-state index in [1.54, 1.807) is 12.0 Å². The van der Waals surface area contributed by atoms with Gasteiger partial charge in [0.05, 0.1) is 19.8 Å². The van der Waals surface area contributed by atoms with Crippen LogP contribution in [0.4, 0.5) is 4.79 Å². The van der Waals surface area contributed by atoms with Crippen molar-refractivity contribution in [2.75, 3.05) is 46.9 Å². The Labute approximate surface area is 159 Å². The molecule has 0 unspecified atom stereocenters. The van der Waals surface area contributed by atoms with Crippen molar-refractivity contribution in [2.24, 2.45) is 0 Å². The van der Waals surface area contributed by atoms with Crippen LogP contribution in [-0.2, 0) is 5.41 Å². The number of hydrogen-bond donors (Lipinski definition) is 3. The number of carbonyl (C=O) groups is 1. The van der Waals surface area contributed by atoms with Crippen LogP contribution in [0.2, 0.25) is 0 Å². The van der Waals surface area contributed by atoms with Crippen molar-refractivity contribution in [1.82, 2.24) is 20.1 Å². The predicted molar refractivity (Wildman–Crippen MR) is 104 cm³/mol. The molecule has 1 atom stereocenters. The molecule has 0 aliphatic carbocycles. The third-order valence-electron chi connectivity index (χ3n) is 5.85. The number of likely N-dealkylation sites (tertiary alicyclic amines) is 1. The van der Waals surface area contributed by atoms with E-state index in [9.17, 15) is 9.90 Å². The molecule has 2 aliphatic heterocycles. The molecule has 7 heteroatoms. The molecule has 27 heavy (non-hydrogen) atoms. The maximum atomic E-state index is 12.8. The molecule has 3 heterocycles. The number of H-pyrrole nitrogens is 1. The fourth-order valence-electron chi connectivity index (χ4n) is 4.80. The fourth-order valence-corrected chi connectivity index (χ4v) is 4.80. The third-order valence-corrected chi connectivity index (χ3v) is 5.85. The monoisotopic (exact) mass is 372 g/mol. The lowest BCUT2D eigenvalue weighted by Crippen LogP contribution is -2.66. The number of rotatable bonds is 4. The van der Waals surface area contributed by atoms with E-state index < -0.39 is 0 Å². The Hall–Kier alpha value is -2.25. The molecule has 1 aromatic carbocycles. The van der Waals surface area contributed by atoms with E-state index in [1.165, 1.54) is 5.56 Å². The van der Waals surface area contributed by atoms with E-state index in [0.29, 0.717) is 13.1 Å². The van der Waals surface area contributed by atoms with Crippen LogP contribution >= 0.6 is 0 Å². The average Bonchev–Trinajstić information content (AvgIpc) is 3.03. The number of methoxy groups -OCH3 is 1. The first kappa shape index (κ1) is 18.1. The maximum absolute atomic E-state index is 12.8. The predicted octanol–water partition coefficient (Wildman–Crippen LogP) is 1.83. The van der Waals surface area contributed by atoms with Crippen molar-refractivity contribution in [3.63, 3.8) is 0 Å². The van der Waals surface area contributed by atoms with Crippen molar-refractivity contribution in [3.8, 4) is 5.75 Å². The van der Waals surface area contributed by atoms with E-state index in [4.69, 9.17) is 4.74 Å². The van der Waals surface area contributed by atoms with E-state index in [2.05, 4.69) is 28.3 Å². The lowest BCUT2D eigenvalue weighted by atomic mass is 9.69. The minimum atomic E-state index is -0.369. The van der Waals surface area contributed by atoms with E-state index in [-0.39, 0.29) is 24.1 Å². The van der Waals surface area contributed by atoms with Crippen molar-refractivity contribution in [3.05, 3.63) is 29.5 Å². The van der Waals surface area contributed by atoms with Gasteiger partial charge in [-0.3, -0.25) is 0 Å². The number of nitrogens with one attached hydrogen (secondary N) is 2. The number of benzene rings is 1. The number of likely N-dealkylation sites (N-methyl/N-ethyl adjacent to an activating group) is 1. The van der Waals surface area contributed by atoms with Crippen LogP contribution in [0.5, 0.6) is 5.75 Å². The van der Waals surface area contributed by atoms with E-state index in [1.807, 2.05) is 19.1 Å². The van der Waals surface area contributed by atoms with Gasteiger partial charge in [0.15, 0.2) is 0 Å². The van der Waals surface area contributed by atoms with Gasteiger partial charge in [-0.1, -0.05) is 6.92 Å². The summed E-state index contributed by atoms with van der Waals surface area (Å²) in [5, 5.41) is 14.3. The van der Waals surface area contributed by atoms with E-state index >= 15 is 0 Å². The van der Waals surface area contributed by atoms with Gasteiger partial charge in [0, 0.05) is 54.3 Å². The van der Waals surface area contributed by atoms with Crippen LogP contribution in [0.1, 0.15) is 30.6 Å². The van der Waals surface area contributed by atoms with Gasteiger partial charge in [0.25, 0.3) is 0 Å². The fraction of sp³-hybridized carbons (Fsp3) is 0.550. The van der Waals surface area contributed by atoms with Crippen molar-refractivity contribution in [1.29, 1.82) is 0 Å². The minimum absolute atomic E-state index is 0.105. The molecule has 4 rings (SSSR count). The number of carbonyl (C=O) groups excluding carboxylic acids is 1. The molecule has 146 valence electrons. The van der Waals surface area contributed by atoms with Gasteiger partial charge >= 0.3 is 6.03 Å². The molecule has 1 fully saturated rings. The van der Waals surface area contributed by atoms with Crippen molar-refractivity contribution < 1.29 is 14.6 Å². The molecule has 0 bridgehead atoms. The van der Waals surface area contributed by atoms with Crippen LogP contribution in [0.15, 0.2) is 18.2 Å². The van der Waals surface area contributed by atoms with E-state index in [0.717, 1.165) is 41.9 Å². The summed E-state index contributed by atoms with van der Waals surface area (Å²) in [6.07, 6.45) is 0.884. The number of aromatic nitrogens is 1. The summed E-state index contributed by atoms with van der Waals surface area (Å²) in [6.45, 7) is 4.97. The first-order valence-corrected chi connectivity index (χ1v) is 9.57. The molecule has 2 aromatic rings. The lowest BCUT2D eigenvalue weighted by molar-refractivity contribution is 0.0257. The number of aliphatic hydroxyl groups is 1. The lowest BCUT2D eigenvalue weighted by Gasteiger charge is -2.55. The number of ether oxygens (including phenoxy) is 1. The van der Waals surface area contributed by atoms with Crippen molar-refractivity contribution in [2.45, 2.75) is 24.8 Å². The summed E-state index contributed by atoms with van der Waals surface area (Å²) in [6, 6.07) is 5.57. The van der Waals surface area contributed by atoms with Gasteiger partial charge < -0.3 is 29.9 Å². The van der Waals surface area contributed by atoms with Crippen LogP contribution < -0.4 is 10.1 Å². The Morgan fingerprint density at radius 1 is 1.41 bits per heavy atom. The Kier molecular flexibility index (Phi) is 4.52.